The average Bonchev–Trinajstić information content (AvgIpc) is 2.72. The van der Waals surface area contributed by atoms with Gasteiger partial charge < -0.3 is 0 Å². The Hall–Kier alpha value is -2.91. The van der Waals surface area contributed by atoms with Crippen LogP contribution in [0.25, 0.3) is 22.0 Å². The highest BCUT2D eigenvalue weighted by Crippen LogP contribution is 2.25. The predicted molar refractivity (Wildman–Crippen MR) is 108 cm³/mol. The zero-order chi connectivity index (χ0) is 21.2. The smallest absolute Gasteiger partial charge is 0.261 e. The molecular weight excluding hydrogens is 397 g/mol. The molecule has 29 heavy (non-hydrogen) atoms. The van der Waals surface area contributed by atoms with Crippen molar-refractivity contribution in [1.29, 1.82) is 0 Å². The Kier molecular flexibility index (Phi) is 5.90. The van der Waals surface area contributed by atoms with Gasteiger partial charge in [0.25, 0.3) is 11.5 Å². The van der Waals surface area contributed by atoms with Crippen molar-refractivity contribution in [3.8, 4) is 11.1 Å². The first-order chi connectivity index (χ1) is 13.8. The SMILES string of the molecule is CS(=O)[C@](C)(CCn1cnc2cc(-c3ccccc3F)ccc2c1=O)C(=O)NO. The summed E-state index contributed by atoms with van der Waals surface area (Å²) in [6.45, 7) is 1.54. The highest BCUT2D eigenvalue weighted by atomic mass is 32.2. The molecule has 1 heterocycles. The fraction of sp³-hybridized carbons (Fsp3) is 0.250. The predicted octanol–water partition coefficient (Wildman–Crippen LogP) is 2.24. The lowest BCUT2D eigenvalue weighted by molar-refractivity contribution is -0.131. The van der Waals surface area contributed by atoms with E-state index < -0.39 is 21.5 Å². The summed E-state index contributed by atoms with van der Waals surface area (Å²) in [5.74, 6) is -1.15. The van der Waals surface area contributed by atoms with E-state index in [1.54, 1.807) is 36.4 Å². The number of nitrogens with one attached hydrogen (secondary N) is 1. The molecule has 0 fully saturated rings. The zero-order valence-corrected chi connectivity index (χ0v) is 16.7. The zero-order valence-electron chi connectivity index (χ0n) is 15.9. The second-order valence-electron chi connectivity index (χ2n) is 6.83. The van der Waals surface area contributed by atoms with Gasteiger partial charge in [0, 0.05) is 29.2 Å². The minimum Gasteiger partial charge on any atom is -0.299 e. The maximum absolute atomic E-state index is 14.0. The summed E-state index contributed by atoms with van der Waals surface area (Å²) < 4.78 is 26.0. The third kappa shape index (κ3) is 3.96. The number of nitrogens with zero attached hydrogens (tertiary/aromatic N) is 2. The molecule has 0 saturated carbocycles. The number of fused-ring (bicyclic) bond motifs is 1. The molecule has 2 aromatic carbocycles. The molecule has 2 atom stereocenters. The van der Waals surface area contributed by atoms with Gasteiger partial charge in [0.1, 0.15) is 10.6 Å². The summed E-state index contributed by atoms with van der Waals surface area (Å²) in [4.78, 5) is 29.0. The minimum atomic E-state index is -1.58. The van der Waals surface area contributed by atoms with E-state index in [9.17, 15) is 18.2 Å². The van der Waals surface area contributed by atoms with Gasteiger partial charge in [-0.3, -0.25) is 23.6 Å². The van der Waals surface area contributed by atoms with Crippen LogP contribution in [0, 0.1) is 5.82 Å². The van der Waals surface area contributed by atoms with Gasteiger partial charge in [-0.2, -0.15) is 0 Å². The largest absolute Gasteiger partial charge is 0.299 e. The number of halogens is 1. The fourth-order valence-electron chi connectivity index (χ4n) is 3.02. The molecule has 3 rings (SSSR count). The van der Waals surface area contributed by atoms with E-state index in [4.69, 9.17) is 5.21 Å². The molecule has 1 aromatic heterocycles. The van der Waals surface area contributed by atoms with Gasteiger partial charge in [-0.15, -0.1) is 0 Å². The number of aromatic nitrogens is 2. The summed E-state index contributed by atoms with van der Waals surface area (Å²) in [6.07, 6.45) is 2.76. The molecule has 0 bridgehead atoms. The summed E-state index contributed by atoms with van der Waals surface area (Å²) in [7, 11) is -1.58. The molecule has 1 amide bonds. The Balaban J connectivity index is 1.94. The van der Waals surface area contributed by atoms with Gasteiger partial charge >= 0.3 is 0 Å². The molecule has 0 aliphatic rings. The first-order valence-electron chi connectivity index (χ1n) is 8.80. The number of carbonyl (C=O) groups is 1. The Labute approximate surface area is 168 Å². The van der Waals surface area contributed by atoms with Crippen LogP contribution in [-0.4, -0.2) is 35.9 Å². The molecule has 1 unspecified atom stereocenters. The van der Waals surface area contributed by atoms with Crippen LogP contribution < -0.4 is 11.0 Å². The highest BCUT2D eigenvalue weighted by molar-refractivity contribution is 7.86. The number of hydroxylamine groups is 1. The molecule has 2 N–H and O–H groups in total. The molecule has 3 aromatic rings. The number of rotatable bonds is 6. The van der Waals surface area contributed by atoms with Crippen LogP contribution in [0.2, 0.25) is 0 Å². The summed E-state index contributed by atoms with van der Waals surface area (Å²) in [6, 6.07) is 11.2. The fourth-order valence-corrected chi connectivity index (χ4v) is 3.71. The molecule has 0 radical (unpaired) electrons. The summed E-state index contributed by atoms with van der Waals surface area (Å²) in [5.41, 5.74) is 2.64. The number of hydrogen-bond donors (Lipinski definition) is 2. The van der Waals surface area contributed by atoms with Crippen molar-refractivity contribution in [2.24, 2.45) is 0 Å². The van der Waals surface area contributed by atoms with Crippen LogP contribution in [0.1, 0.15) is 13.3 Å². The first-order valence-corrected chi connectivity index (χ1v) is 10.4. The lowest BCUT2D eigenvalue weighted by atomic mass is 10.0. The van der Waals surface area contributed by atoms with E-state index in [1.165, 1.54) is 35.6 Å². The number of benzene rings is 2. The van der Waals surface area contributed by atoms with Gasteiger partial charge in [-0.05, 0) is 37.1 Å². The molecule has 0 spiro atoms. The molecular formula is C20H20FN3O4S. The molecule has 0 aliphatic heterocycles. The molecule has 0 aliphatic carbocycles. The van der Waals surface area contributed by atoms with Crippen molar-refractivity contribution in [1.82, 2.24) is 15.0 Å². The molecule has 152 valence electrons. The van der Waals surface area contributed by atoms with Crippen LogP contribution >= 0.6 is 0 Å². The van der Waals surface area contributed by atoms with E-state index in [0.29, 0.717) is 22.0 Å². The van der Waals surface area contributed by atoms with Crippen molar-refractivity contribution in [3.05, 3.63) is 65.0 Å². The number of amides is 1. The van der Waals surface area contributed by atoms with Gasteiger partial charge in [0.15, 0.2) is 0 Å². The quantitative estimate of drug-likeness (QED) is 0.473. The second-order valence-corrected chi connectivity index (χ2v) is 8.64. The molecule has 7 nitrogen and oxygen atoms in total. The van der Waals surface area contributed by atoms with Gasteiger partial charge in [0.2, 0.25) is 0 Å². The first kappa shape index (κ1) is 20.8. The van der Waals surface area contributed by atoms with Gasteiger partial charge in [-0.1, -0.05) is 24.3 Å². The van der Waals surface area contributed by atoms with Crippen LogP contribution in [0.4, 0.5) is 4.39 Å². The molecule has 0 saturated heterocycles. The van der Waals surface area contributed by atoms with Crippen LogP contribution in [0.5, 0.6) is 0 Å². The van der Waals surface area contributed by atoms with E-state index in [2.05, 4.69) is 4.98 Å². The Morgan fingerprint density at radius 3 is 2.69 bits per heavy atom. The second kappa shape index (κ2) is 8.22. The van der Waals surface area contributed by atoms with E-state index >= 15 is 0 Å². The Morgan fingerprint density at radius 2 is 2.03 bits per heavy atom. The number of carbonyl (C=O) groups excluding carboxylic acids is 1. The maximum Gasteiger partial charge on any atom is 0.261 e. The van der Waals surface area contributed by atoms with Crippen molar-refractivity contribution >= 4 is 27.6 Å². The van der Waals surface area contributed by atoms with Gasteiger partial charge in [-0.25, -0.2) is 14.9 Å². The monoisotopic (exact) mass is 417 g/mol. The van der Waals surface area contributed by atoms with Gasteiger partial charge in [0.05, 0.1) is 17.2 Å². The number of hydrogen-bond acceptors (Lipinski definition) is 5. The third-order valence-corrected chi connectivity index (χ3v) is 6.71. The van der Waals surface area contributed by atoms with Crippen LogP contribution in [0.3, 0.4) is 0 Å². The highest BCUT2D eigenvalue weighted by Gasteiger charge is 2.37. The topological polar surface area (TPSA) is 101 Å². The average molecular weight is 417 g/mol. The van der Waals surface area contributed by atoms with Crippen molar-refractivity contribution < 1.29 is 18.6 Å². The van der Waals surface area contributed by atoms with Crippen LogP contribution in [-0.2, 0) is 22.1 Å². The third-order valence-electron chi connectivity index (χ3n) is 5.06. The van der Waals surface area contributed by atoms with Crippen molar-refractivity contribution in [2.45, 2.75) is 24.6 Å². The van der Waals surface area contributed by atoms with Crippen LogP contribution in [0.15, 0.2) is 53.6 Å². The van der Waals surface area contributed by atoms with E-state index in [0.717, 1.165) is 0 Å². The van der Waals surface area contributed by atoms with E-state index in [1.807, 2.05) is 0 Å². The molecule has 9 heteroatoms. The number of aryl methyl sites for hydroxylation is 1. The standard InChI is InChI=1S/C20H20FN3O4S/c1-20(29(2)28,19(26)23-27)9-10-24-12-22-17-11-13(7-8-15(17)18(24)25)14-5-3-4-6-16(14)21/h3-8,11-12,27H,9-10H2,1-2H3,(H,23,26)/t20-,29?/m1/s1. The summed E-state index contributed by atoms with van der Waals surface area (Å²) >= 11 is 0. The van der Waals surface area contributed by atoms with Crippen molar-refractivity contribution in [3.63, 3.8) is 0 Å². The Bertz CT molecular complexity index is 1160. The summed E-state index contributed by atoms with van der Waals surface area (Å²) in [5, 5.41) is 9.26. The minimum absolute atomic E-state index is 0.0584. The van der Waals surface area contributed by atoms with E-state index in [-0.39, 0.29) is 24.3 Å². The lowest BCUT2D eigenvalue weighted by Crippen LogP contribution is -2.47. The van der Waals surface area contributed by atoms with Crippen molar-refractivity contribution in [2.75, 3.05) is 6.26 Å². The maximum atomic E-state index is 14.0. The Morgan fingerprint density at radius 1 is 1.31 bits per heavy atom. The lowest BCUT2D eigenvalue weighted by Gasteiger charge is -2.24. The normalized spacial score (nSPS) is 14.3.